The van der Waals surface area contributed by atoms with Crippen molar-refractivity contribution in [3.05, 3.63) is 89.5 Å². The van der Waals surface area contributed by atoms with Gasteiger partial charge in [-0.1, -0.05) is 75.2 Å². The lowest BCUT2D eigenvalue weighted by Gasteiger charge is -2.33. The van der Waals surface area contributed by atoms with E-state index in [1.807, 2.05) is 64.1 Å². The third-order valence-corrected chi connectivity index (χ3v) is 9.01. The zero-order chi connectivity index (χ0) is 30.7. The van der Waals surface area contributed by atoms with E-state index in [0.717, 1.165) is 29.5 Å². The van der Waals surface area contributed by atoms with Gasteiger partial charge in [0.1, 0.15) is 18.3 Å². The van der Waals surface area contributed by atoms with Crippen molar-refractivity contribution in [2.75, 3.05) is 24.5 Å². The lowest BCUT2D eigenvalue weighted by molar-refractivity contribution is -0.140. The number of sulfonamides is 1. The molecular weight excluding hydrogens is 550 g/mol. The molecule has 0 aliphatic rings. The number of nitrogens with zero attached hydrogens (tertiary/aromatic N) is 2. The second-order valence-electron chi connectivity index (χ2n) is 10.2. The Bertz CT molecular complexity index is 1440. The highest BCUT2D eigenvalue weighted by Crippen LogP contribution is 2.29. The van der Waals surface area contributed by atoms with Gasteiger partial charge in [-0.15, -0.1) is 0 Å². The van der Waals surface area contributed by atoms with E-state index in [1.54, 1.807) is 43.5 Å². The molecule has 0 saturated heterocycles. The summed E-state index contributed by atoms with van der Waals surface area (Å²) in [5.74, 6) is -0.109. The number of nitrogens with one attached hydrogen (secondary N) is 1. The van der Waals surface area contributed by atoms with Gasteiger partial charge in [0.15, 0.2) is 0 Å². The number of aryl methyl sites for hydroxylation is 2. The van der Waals surface area contributed by atoms with Gasteiger partial charge in [-0.05, 0) is 67.6 Å². The molecule has 3 aromatic rings. The summed E-state index contributed by atoms with van der Waals surface area (Å²) in [6.45, 7) is 7.88. The molecule has 0 heterocycles. The van der Waals surface area contributed by atoms with Crippen LogP contribution in [0.3, 0.4) is 0 Å². The van der Waals surface area contributed by atoms with Crippen LogP contribution in [0.5, 0.6) is 5.75 Å². The summed E-state index contributed by atoms with van der Waals surface area (Å²) in [5.41, 5.74) is 2.93. The maximum absolute atomic E-state index is 14.3. The first-order chi connectivity index (χ1) is 20.2. The number of ether oxygens (including phenoxy) is 1. The zero-order valence-corrected chi connectivity index (χ0v) is 26.1. The highest BCUT2D eigenvalue weighted by atomic mass is 32.2. The van der Waals surface area contributed by atoms with Crippen molar-refractivity contribution in [3.63, 3.8) is 0 Å². The maximum Gasteiger partial charge on any atom is 0.264 e. The molecule has 0 aromatic heterocycles. The number of para-hydroxylation sites is 1. The Balaban J connectivity index is 2.08. The van der Waals surface area contributed by atoms with Gasteiger partial charge in [0.05, 0.1) is 17.7 Å². The molecule has 226 valence electrons. The minimum Gasteiger partial charge on any atom is -0.497 e. The number of hydrogen-bond acceptors (Lipinski definition) is 5. The number of benzene rings is 3. The van der Waals surface area contributed by atoms with Crippen LogP contribution in [0, 0.1) is 6.92 Å². The Kier molecular flexibility index (Phi) is 12.0. The van der Waals surface area contributed by atoms with Crippen LogP contribution < -0.4 is 14.4 Å². The number of rotatable bonds is 15. The summed E-state index contributed by atoms with van der Waals surface area (Å²) in [7, 11) is -2.55. The largest absolute Gasteiger partial charge is 0.497 e. The second kappa shape index (κ2) is 15.4. The van der Waals surface area contributed by atoms with E-state index in [1.165, 1.54) is 9.21 Å². The molecule has 0 spiro atoms. The minimum absolute atomic E-state index is 0.0931. The first kappa shape index (κ1) is 32.7. The summed E-state index contributed by atoms with van der Waals surface area (Å²) < 4.78 is 34.8. The highest BCUT2D eigenvalue weighted by Gasteiger charge is 2.34. The molecule has 2 amide bonds. The molecule has 3 rings (SSSR count). The minimum atomic E-state index is -4.12. The van der Waals surface area contributed by atoms with E-state index in [-0.39, 0.29) is 17.3 Å². The highest BCUT2D eigenvalue weighted by molar-refractivity contribution is 7.92. The first-order valence-electron chi connectivity index (χ1n) is 14.5. The lowest BCUT2D eigenvalue weighted by atomic mass is 10.1. The van der Waals surface area contributed by atoms with Gasteiger partial charge in [-0.2, -0.15) is 0 Å². The summed E-state index contributed by atoms with van der Waals surface area (Å²) in [5, 5.41) is 2.95. The fourth-order valence-electron chi connectivity index (χ4n) is 4.80. The molecule has 0 aliphatic carbocycles. The molecular formula is C33H43N3O5S. The van der Waals surface area contributed by atoms with Crippen LogP contribution in [0.1, 0.15) is 56.7 Å². The molecule has 42 heavy (non-hydrogen) atoms. The molecule has 0 fully saturated rings. The van der Waals surface area contributed by atoms with E-state index < -0.39 is 28.5 Å². The Morgan fingerprint density at radius 3 is 2.31 bits per heavy atom. The third kappa shape index (κ3) is 8.12. The van der Waals surface area contributed by atoms with E-state index in [9.17, 15) is 18.0 Å². The van der Waals surface area contributed by atoms with Gasteiger partial charge in [0, 0.05) is 13.1 Å². The fourth-order valence-corrected chi connectivity index (χ4v) is 6.25. The number of hydrogen-bond donors (Lipinski definition) is 1. The Morgan fingerprint density at radius 2 is 1.67 bits per heavy atom. The molecule has 3 aromatic carbocycles. The van der Waals surface area contributed by atoms with E-state index >= 15 is 0 Å². The fraction of sp³-hybridized carbons (Fsp3) is 0.394. The van der Waals surface area contributed by atoms with E-state index in [0.29, 0.717) is 30.8 Å². The molecule has 0 bridgehead atoms. The molecule has 0 saturated carbocycles. The molecule has 0 radical (unpaired) electrons. The number of unbranched alkanes of at least 4 members (excludes halogenated alkanes) is 1. The number of amides is 2. The van der Waals surface area contributed by atoms with Gasteiger partial charge < -0.3 is 15.0 Å². The molecule has 8 nitrogen and oxygen atoms in total. The standard InChI is InChI=1S/C33H43N3O5S/c1-6-9-21-34-33(38)30(8-3)35(23-26-13-12-15-28(22-26)41-5)32(37)24-36(31-16-11-10-14-27(31)7-2)42(39,40)29-19-17-25(4)18-20-29/h10-20,22,30H,6-9,21,23-24H2,1-5H3,(H,34,38). The Labute approximate surface area is 250 Å². The van der Waals surface area contributed by atoms with Crippen LogP contribution in [0.4, 0.5) is 5.69 Å². The van der Waals surface area contributed by atoms with E-state index in [2.05, 4.69) is 5.32 Å². The normalized spacial score (nSPS) is 11.9. The molecule has 9 heteroatoms. The third-order valence-electron chi connectivity index (χ3n) is 7.23. The molecule has 0 aliphatic heterocycles. The topological polar surface area (TPSA) is 96.0 Å². The molecule has 1 N–H and O–H groups in total. The smallest absolute Gasteiger partial charge is 0.264 e. The average Bonchev–Trinajstić information content (AvgIpc) is 3.00. The van der Waals surface area contributed by atoms with Crippen molar-refractivity contribution in [1.82, 2.24) is 10.2 Å². The molecule has 1 atom stereocenters. The van der Waals surface area contributed by atoms with Crippen LogP contribution in [0.25, 0.3) is 0 Å². The van der Waals surface area contributed by atoms with Crippen molar-refractivity contribution in [2.24, 2.45) is 0 Å². The van der Waals surface area contributed by atoms with Crippen molar-refractivity contribution < 1.29 is 22.7 Å². The van der Waals surface area contributed by atoms with Crippen molar-refractivity contribution in [2.45, 2.75) is 70.9 Å². The van der Waals surface area contributed by atoms with Crippen LogP contribution >= 0.6 is 0 Å². The SMILES string of the molecule is CCCCNC(=O)C(CC)N(Cc1cccc(OC)c1)C(=O)CN(c1ccccc1CC)S(=O)(=O)c1ccc(C)cc1. The second-order valence-corrected chi connectivity index (χ2v) is 12.1. The molecule has 1 unspecified atom stereocenters. The van der Waals surface area contributed by atoms with Crippen LogP contribution in [0.15, 0.2) is 77.7 Å². The lowest BCUT2D eigenvalue weighted by Crippen LogP contribution is -2.52. The number of methoxy groups -OCH3 is 1. The van der Waals surface area contributed by atoms with Gasteiger partial charge in [0.2, 0.25) is 11.8 Å². The van der Waals surface area contributed by atoms with Crippen molar-refractivity contribution >= 4 is 27.5 Å². The van der Waals surface area contributed by atoms with Gasteiger partial charge in [-0.3, -0.25) is 13.9 Å². The van der Waals surface area contributed by atoms with Crippen LogP contribution in [-0.2, 0) is 32.6 Å². The summed E-state index contributed by atoms with van der Waals surface area (Å²) in [6, 6.07) is 20.3. The summed E-state index contributed by atoms with van der Waals surface area (Å²) in [6.07, 6.45) is 2.69. The van der Waals surface area contributed by atoms with Crippen molar-refractivity contribution in [1.29, 1.82) is 0 Å². The van der Waals surface area contributed by atoms with E-state index in [4.69, 9.17) is 4.74 Å². The number of anilines is 1. The monoisotopic (exact) mass is 593 g/mol. The summed E-state index contributed by atoms with van der Waals surface area (Å²) >= 11 is 0. The van der Waals surface area contributed by atoms with Crippen LogP contribution in [-0.4, -0.2) is 51.4 Å². The average molecular weight is 594 g/mol. The number of carbonyl (C=O) groups is 2. The van der Waals surface area contributed by atoms with Gasteiger partial charge in [-0.25, -0.2) is 8.42 Å². The predicted molar refractivity (Wildman–Crippen MR) is 167 cm³/mol. The predicted octanol–water partition coefficient (Wildman–Crippen LogP) is 5.49. The van der Waals surface area contributed by atoms with Crippen molar-refractivity contribution in [3.8, 4) is 5.75 Å². The van der Waals surface area contributed by atoms with Gasteiger partial charge in [0.25, 0.3) is 10.0 Å². The Hall–Kier alpha value is -3.85. The first-order valence-corrected chi connectivity index (χ1v) is 16.0. The summed E-state index contributed by atoms with van der Waals surface area (Å²) in [4.78, 5) is 29.2. The number of carbonyl (C=O) groups excluding carboxylic acids is 2. The quantitative estimate of drug-likeness (QED) is 0.235. The zero-order valence-electron chi connectivity index (χ0n) is 25.3. The Morgan fingerprint density at radius 1 is 0.952 bits per heavy atom. The maximum atomic E-state index is 14.3. The van der Waals surface area contributed by atoms with Gasteiger partial charge >= 0.3 is 0 Å². The van der Waals surface area contributed by atoms with Crippen LogP contribution in [0.2, 0.25) is 0 Å².